The molecule has 0 saturated heterocycles. The van der Waals surface area contributed by atoms with Gasteiger partial charge in [0.2, 0.25) is 0 Å². The van der Waals surface area contributed by atoms with Crippen LogP contribution in [0.1, 0.15) is 52.4 Å². The number of Topliss-reactive ketones (excluding diaryl/α,β-unsaturated/α-hetero) is 1. The zero-order valence-corrected chi connectivity index (χ0v) is 16.8. The van der Waals surface area contributed by atoms with Crippen LogP contribution in [0.3, 0.4) is 0 Å². The molecule has 0 fully saturated rings. The van der Waals surface area contributed by atoms with Gasteiger partial charge < -0.3 is 15.0 Å². The van der Waals surface area contributed by atoms with Crippen molar-refractivity contribution in [3.63, 3.8) is 0 Å². The molecule has 2 heterocycles. The summed E-state index contributed by atoms with van der Waals surface area (Å²) in [5, 5.41) is 1.27. The van der Waals surface area contributed by atoms with Crippen LogP contribution in [0, 0.1) is 0 Å². The summed E-state index contributed by atoms with van der Waals surface area (Å²) in [6, 6.07) is 8.76. The molecule has 0 aliphatic rings. The van der Waals surface area contributed by atoms with E-state index in [-0.39, 0.29) is 11.5 Å². The number of carbonyl (C=O) groups excluding carboxylic acids is 2. The van der Waals surface area contributed by atoms with Crippen molar-refractivity contribution in [2.24, 2.45) is 5.73 Å². The van der Waals surface area contributed by atoms with E-state index in [4.69, 9.17) is 22.1 Å². The minimum Gasteiger partial charge on any atom is -0.497 e. The van der Waals surface area contributed by atoms with Crippen molar-refractivity contribution in [1.82, 2.24) is 9.55 Å². The molecule has 0 saturated carbocycles. The normalized spacial score (nSPS) is 11.0. The highest BCUT2D eigenvalue weighted by Crippen LogP contribution is 2.30. The number of rotatable bonds is 7. The maximum atomic E-state index is 12.4. The number of primary amides is 1. The van der Waals surface area contributed by atoms with Gasteiger partial charge in [-0.05, 0) is 43.2 Å². The SMILES string of the molecule is CCCc1c(C(C)=O)c2ccc(C(N)=O)nc2n1Cc1ccc(OC)cc1Cl. The number of carbonyl (C=O) groups is 2. The third kappa shape index (κ3) is 3.60. The second-order valence-electron chi connectivity index (χ2n) is 6.60. The summed E-state index contributed by atoms with van der Waals surface area (Å²) in [5.74, 6) is 0.0126. The Balaban J connectivity index is 2.26. The molecule has 7 heteroatoms. The van der Waals surface area contributed by atoms with Crippen molar-refractivity contribution in [3.8, 4) is 5.75 Å². The fourth-order valence-corrected chi connectivity index (χ4v) is 3.65. The number of aromatic nitrogens is 2. The van der Waals surface area contributed by atoms with Gasteiger partial charge in [-0.1, -0.05) is 31.0 Å². The lowest BCUT2D eigenvalue weighted by Gasteiger charge is -2.13. The summed E-state index contributed by atoms with van der Waals surface area (Å²) >= 11 is 6.43. The molecule has 0 atom stereocenters. The van der Waals surface area contributed by atoms with E-state index >= 15 is 0 Å². The standard InChI is InChI=1S/C21H22ClN3O3/c1-4-5-18-19(12(2)26)15-8-9-17(20(23)27)24-21(15)25(18)11-13-6-7-14(28-3)10-16(13)22/h6-10H,4-5,11H2,1-3H3,(H2,23,27). The highest BCUT2D eigenvalue weighted by molar-refractivity contribution is 6.31. The Morgan fingerprint density at radius 3 is 2.57 bits per heavy atom. The second kappa shape index (κ2) is 8.02. The van der Waals surface area contributed by atoms with E-state index in [1.165, 1.54) is 0 Å². The van der Waals surface area contributed by atoms with Gasteiger partial charge in [0.15, 0.2) is 5.78 Å². The topological polar surface area (TPSA) is 87.2 Å². The first kappa shape index (κ1) is 19.9. The van der Waals surface area contributed by atoms with E-state index < -0.39 is 5.91 Å². The molecule has 1 aromatic carbocycles. The first-order chi connectivity index (χ1) is 13.4. The summed E-state index contributed by atoms with van der Waals surface area (Å²) in [4.78, 5) is 28.5. The zero-order valence-electron chi connectivity index (χ0n) is 16.1. The van der Waals surface area contributed by atoms with Crippen LogP contribution in [0.2, 0.25) is 5.02 Å². The molecule has 0 spiro atoms. The van der Waals surface area contributed by atoms with Crippen molar-refractivity contribution < 1.29 is 14.3 Å². The maximum Gasteiger partial charge on any atom is 0.267 e. The summed E-state index contributed by atoms with van der Waals surface area (Å²) < 4.78 is 7.16. The highest BCUT2D eigenvalue weighted by Gasteiger charge is 2.22. The lowest BCUT2D eigenvalue weighted by molar-refractivity contribution is 0.0993. The van der Waals surface area contributed by atoms with E-state index in [1.54, 1.807) is 32.2 Å². The van der Waals surface area contributed by atoms with Crippen LogP contribution in [0.5, 0.6) is 5.75 Å². The van der Waals surface area contributed by atoms with Gasteiger partial charge in [0, 0.05) is 21.7 Å². The van der Waals surface area contributed by atoms with Gasteiger partial charge in [-0.2, -0.15) is 0 Å². The molecule has 3 rings (SSSR count). The maximum absolute atomic E-state index is 12.4. The third-order valence-corrected chi connectivity index (χ3v) is 5.05. The summed E-state index contributed by atoms with van der Waals surface area (Å²) in [6.07, 6.45) is 1.56. The smallest absolute Gasteiger partial charge is 0.267 e. The minimum atomic E-state index is -0.612. The Labute approximate surface area is 168 Å². The Morgan fingerprint density at radius 2 is 2.00 bits per heavy atom. The van der Waals surface area contributed by atoms with Gasteiger partial charge >= 0.3 is 0 Å². The van der Waals surface area contributed by atoms with Gasteiger partial charge in [-0.15, -0.1) is 0 Å². The van der Waals surface area contributed by atoms with Crippen LogP contribution < -0.4 is 10.5 Å². The van der Waals surface area contributed by atoms with E-state index in [2.05, 4.69) is 11.9 Å². The number of nitrogens with two attached hydrogens (primary N) is 1. The number of hydrogen-bond acceptors (Lipinski definition) is 4. The van der Waals surface area contributed by atoms with E-state index in [0.717, 1.165) is 17.7 Å². The monoisotopic (exact) mass is 399 g/mol. The molecule has 146 valence electrons. The predicted octanol–water partition coefficient (Wildman–Crippen LogP) is 4.00. The molecule has 6 nitrogen and oxygen atoms in total. The van der Waals surface area contributed by atoms with Crippen LogP contribution in [0.15, 0.2) is 30.3 Å². The number of halogens is 1. The van der Waals surface area contributed by atoms with Crippen molar-refractivity contribution in [2.75, 3.05) is 7.11 Å². The Morgan fingerprint density at radius 1 is 1.25 bits per heavy atom. The van der Waals surface area contributed by atoms with Crippen LogP contribution in [-0.4, -0.2) is 28.4 Å². The molecular weight excluding hydrogens is 378 g/mol. The molecule has 1 amide bonds. The zero-order chi connectivity index (χ0) is 20.4. The summed E-state index contributed by atoms with van der Waals surface area (Å²) in [7, 11) is 1.58. The molecule has 2 N–H and O–H groups in total. The number of pyridine rings is 1. The first-order valence-corrected chi connectivity index (χ1v) is 9.40. The molecule has 0 unspecified atom stereocenters. The number of fused-ring (bicyclic) bond motifs is 1. The van der Waals surface area contributed by atoms with Crippen LogP contribution in [0.4, 0.5) is 0 Å². The average molecular weight is 400 g/mol. The number of hydrogen-bond donors (Lipinski definition) is 1. The van der Waals surface area contributed by atoms with E-state index in [0.29, 0.717) is 40.3 Å². The van der Waals surface area contributed by atoms with Crippen molar-refractivity contribution in [2.45, 2.75) is 33.2 Å². The highest BCUT2D eigenvalue weighted by atomic mass is 35.5. The van der Waals surface area contributed by atoms with Crippen LogP contribution >= 0.6 is 11.6 Å². The van der Waals surface area contributed by atoms with Crippen molar-refractivity contribution in [1.29, 1.82) is 0 Å². The molecular formula is C21H22ClN3O3. The average Bonchev–Trinajstić information content (AvgIpc) is 2.96. The molecule has 28 heavy (non-hydrogen) atoms. The quantitative estimate of drug-likeness (QED) is 0.608. The molecule has 0 radical (unpaired) electrons. The van der Waals surface area contributed by atoms with Gasteiger partial charge in [0.25, 0.3) is 5.91 Å². The predicted molar refractivity (Wildman–Crippen MR) is 109 cm³/mol. The fraction of sp³-hybridized carbons (Fsp3) is 0.286. The van der Waals surface area contributed by atoms with Gasteiger partial charge in [-0.3, -0.25) is 9.59 Å². The fourth-order valence-electron chi connectivity index (χ4n) is 3.42. The minimum absolute atomic E-state index is 0.0401. The second-order valence-corrected chi connectivity index (χ2v) is 7.01. The lowest BCUT2D eigenvalue weighted by atomic mass is 10.1. The van der Waals surface area contributed by atoms with Crippen LogP contribution in [-0.2, 0) is 13.0 Å². The first-order valence-electron chi connectivity index (χ1n) is 9.02. The largest absolute Gasteiger partial charge is 0.497 e. The number of ketones is 1. The number of amides is 1. The van der Waals surface area contributed by atoms with Crippen LogP contribution in [0.25, 0.3) is 11.0 Å². The molecule has 0 aliphatic heterocycles. The molecule has 2 aromatic heterocycles. The Kier molecular flexibility index (Phi) is 5.70. The molecule has 3 aromatic rings. The third-order valence-electron chi connectivity index (χ3n) is 4.69. The summed E-state index contributed by atoms with van der Waals surface area (Å²) in [5.41, 5.74) is 8.49. The lowest BCUT2D eigenvalue weighted by Crippen LogP contribution is -2.14. The Bertz CT molecular complexity index is 1070. The number of nitrogens with zero attached hydrogens (tertiary/aromatic N) is 2. The van der Waals surface area contributed by atoms with Gasteiger partial charge in [0.05, 0.1) is 13.7 Å². The summed E-state index contributed by atoms with van der Waals surface area (Å²) in [6.45, 7) is 4.01. The van der Waals surface area contributed by atoms with Crippen molar-refractivity contribution >= 4 is 34.3 Å². The Hall–Kier alpha value is -2.86. The molecule has 0 bridgehead atoms. The van der Waals surface area contributed by atoms with Gasteiger partial charge in [-0.25, -0.2) is 4.98 Å². The number of ether oxygens (including phenoxy) is 1. The number of benzene rings is 1. The van der Waals surface area contributed by atoms with E-state index in [1.807, 2.05) is 16.7 Å². The van der Waals surface area contributed by atoms with Crippen molar-refractivity contribution in [3.05, 3.63) is 57.9 Å². The molecule has 0 aliphatic carbocycles. The van der Waals surface area contributed by atoms with Gasteiger partial charge in [0.1, 0.15) is 17.1 Å². The van der Waals surface area contributed by atoms with E-state index in [9.17, 15) is 9.59 Å². The number of methoxy groups -OCH3 is 1.